The highest BCUT2D eigenvalue weighted by Crippen LogP contribution is 2.28. The fraction of sp³-hybridized carbons (Fsp3) is 0.500. The maximum atomic E-state index is 12.0. The van der Waals surface area contributed by atoms with Gasteiger partial charge in [-0.05, 0) is 0 Å². The van der Waals surface area contributed by atoms with E-state index in [0.29, 0.717) is 11.5 Å². The van der Waals surface area contributed by atoms with Gasteiger partial charge in [-0.1, -0.05) is 0 Å². The van der Waals surface area contributed by atoms with Gasteiger partial charge in [-0.15, -0.1) is 0 Å². The van der Waals surface area contributed by atoms with Gasteiger partial charge in [0.05, 0.1) is 6.42 Å². The lowest BCUT2D eigenvalue weighted by atomic mass is 10.4. The number of hydrogen-bond acceptors (Lipinski definition) is 5. The maximum Gasteiger partial charge on any atom is 0.452 e. The minimum atomic E-state index is -4.57. The largest absolute Gasteiger partial charge is 0.481 e. The molecule has 0 radical (unpaired) electrons. The molecule has 0 amide bonds. The summed E-state index contributed by atoms with van der Waals surface area (Å²) in [5.41, 5.74) is 0. The van der Waals surface area contributed by atoms with Crippen molar-refractivity contribution in [2.45, 2.75) is 12.6 Å². The summed E-state index contributed by atoms with van der Waals surface area (Å²) in [7, 11) is 0. The summed E-state index contributed by atoms with van der Waals surface area (Å²) >= 11 is 0.543. The van der Waals surface area contributed by atoms with Gasteiger partial charge in [0.15, 0.2) is 0 Å². The number of carboxylic acids is 1. The number of carbonyl (C=O) groups is 1. The van der Waals surface area contributed by atoms with Gasteiger partial charge in [0.1, 0.15) is 0 Å². The van der Waals surface area contributed by atoms with Crippen LogP contribution in [0.5, 0.6) is 0 Å². The molecule has 1 rings (SSSR count). The fourth-order valence-corrected chi connectivity index (χ4v) is 1.30. The monoisotopic (exact) mass is 241 g/mol. The third-order valence-electron chi connectivity index (χ3n) is 1.29. The van der Waals surface area contributed by atoms with Gasteiger partial charge < -0.3 is 10.4 Å². The van der Waals surface area contributed by atoms with Crippen molar-refractivity contribution in [3.8, 4) is 0 Å². The molecule has 1 heterocycles. The molecule has 0 saturated carbocycles. The minimum Gasteiger partial charge on any atom is -0.481 e. The number of halogens is 3. The van der Waals surface area contributed by atoms with Crippen molar-refractivity contribution in [3.63, 3.8) is 0 Å². The number of nitrogens with zero attached hydrogens (tertiary/aromatic N) is 2. The molecule has 0 saturated heterocycles. The SMILES string of the molecule is O=C(O)CCNc1nc(C(F)(F)F)ns1. The highest BCUT2D eigenvalue weighted by Gasteiger charge is 2.36. The predicted molar refractivity (Wildman–Crippen MR) is 45.7 cm³/mol. The van der Waals surface area contributed by atoms with Crippen LogP contribution in [0, 0.1) is 0 Å². The number of rotatable bonds is 4. The molecule has 0 bridgehead atoms. The Morgan fingerprint density at radius 2 is 2.20 bits per heavy atom. The molecule has 5 nitrogen and oxygen atoms in total. The van der Waals surface area contributed by atoms with Crippen molar-refractivity contribution < 1.29 is 23.1 Å². The first-order chi connectivity index (χ1) is 6.89. The molecule has 0 unspecified atom stereocenters. The second-order valence-electron chi connectivity index (χ2n) is 2.49. The zero-order valence-electron chi connectivity index (χ0n) is 7.21. The Morgan fingerprint density at radius 1 is 1.53 bits per heavy atom. The molecule has 1 aromatic rings. The van der Waals surface area contributed by atoms with Crippen LogP contribution in [0.1, 0.15) is 12.2 Å². The Labute approximate surface area is 86.1 Å². The number of hydrogen-bond donors (Lipinski definition) is 2. The highest BCUT2D eigenvalue weighted by molar-refractivity contribution is 7.09. The fourth-order valence-electron chi connectivity index (χ4n) is 0.687. The highest BCUT2D eigenvalue weighted by atomic mass is 32.1. The Morgan fingerprint density at radius 3 is 2.67 bits per heavy atom. The first-order valence-corrected chi connectivity index (χ1v) is 4.53. The number of carboxylic acid groups (broad SMARTS) is 1. The summed E-state index contributed by atoms with van der Waals surface area (Å²) in [5, 5.41) is 10.7. The molecule has 2 N–H and O–H groups in total. The van der Waals surface area contributed by atoms with Crippen LogP contribution in [0.4, 0.5) is 18.3 Å². The molecule has 0 atom stereocenters. The van der Waals surface area contributed by atoms with Crippen molar-refractivity contribution in [1.29, 1.82) is 0 Å². The van der Waals surface area contributed by atoms with Gasteiger partial charge in [-0.2, -0.15) is 22.5 Å². The van der Waals surface area contributed by atoms with E-state index in [1.807, 2.05) is 0 Å². The number of nitrogens with one attached hydrogen (secondary N) is 1. The van der Waals surface area contributed by atoms with Crippen LogP contribution in [0.2, 0.25) is 0 Å². The lowest BCUT2D eigenvalue weighted by Gasteiger charge is -1.99. The molecule has 1 aromatic heterocycles. The summed E-state index contributed by atoms with van der Waals surface area (Å²) in [5.74, 6) is -2.26. The molecule has 0 aliphatic rings. The second-order valence-corrected chi connectivity index (χ2v) is 3.24. The van der Waals surface area contributed by atoms with Crippen LogP contribution in [0.15, 0.2) is 0 Å². The molecular formula is C6H6F3N3O2S. The third-order valence-corrected chi connectivity index (χ3v) is 1.97. The van der Waals surface area contributed by atoms with Crippen molar-refractivity contribution in [3.05, 3.63) is 5.82 Å². The third kappa shape index (κ3) is 3.70. The van der Waals surface area contributed by atoms with E-state index < -0.39 is 18.0 Å². The summed E-state index contributed by atoms with van der Waals surface area (Å²) in [4.78, 5) is 13.3. The van der Waals surface area contributed by atoms with E-state index in [-0.39, 0.29) is 18.1 Å². The van der Waals surface area contributed by atoms with Gasteiger partial charge in [0.25, 0.3) is 0 Å². The molecule has 9 heteroatoms. The smallest absolute Gasteiger partial charge is 0.452 e. The summed E-state index contributed by atoms with van der Waals surface area (Å²) < 4.78 is 39.1. The van der Waals surface area contributed by atoms with Crippen LogP contribution in [0.25, 0.3) is 0 Å². The van der Waals surface area contributed by atoms with Crippen LogP contribution < -0.4 is 5.32 Å². The van der Waals surface area contributed by atoms with Gasteiger partial charge >= 0.3 is 12.1 Å². The van der Waals surface area contributed by atoms with E-state index in [2.05, 4.69) is 14.7 Å². The molecule has 0 aromatic carbocycles. The lowest BCUT2D eigenvalue weighted by Crippen LogP contribution is -2.09. The predicted octanol–water partition coefficient (Wildman–Crippen LogP) is 1.44. The summed E-state index contributed by atoms with van der Waals surface area (Å²) in [6.45, 7) is 0.0157. The Balaban J connectivity index is 2.50. The molecule has 0 fully saturated rings. The van der Waals surface area contributed by atoms with E-state index in [1.165, 1.54) is 0 Å². The summed E-state index contributed by atoms with van der Waals surface area (Å²) in [6, 6.07) is 0. The van der Waals surface area contributed by atoms with E-state index in [1.54, 1.807) is 0 Å². The average molecular weight is 241 g/mol. The van der Waals surface area contributed by atoms with Crippen molar-refractivity contribution >= 4 is 22.6 Å². The van der Waals surface area contributed by atoms with Crippen LogP contribution in [-0.2, 0) is 11.0 Å². The van der Waals surface area contributed by atoms with E-state index in [4.69, 9.17) is 5.11 Å². The standard InChI is InChI=1S/C6H6F3N3O2S/c7-6(8,9)4-11-5(15-12-4)10-2-1-3(13)14/h1-2H2,(H,13,14)(H,10,11,12). The number of aromatic nitrogens is 2. The van der Waals surface area contributed by atoms with Gasteiger partial charge in [0.2, 0.25) is 11.0 Å². The topological polar surface area (TPSA) is 75.1 Å². The molecule has 15 heavy (non-hydrogen) atoms. The second kappa shape index (κ2) is 4.43. The van der Waals surface area contributed by atoms with Gasteiger partial charge in [0, 0.05) is 18.1 Å². The molecular weight excluding hydrogens is 235 g/mol. The quantitative estimate of drug-likeness (QED) is 0.834. The molecule has 0 spiro atoms. The number of anilines is 1. The van der Waals surface area contributed by atoms with Crippen LogP contribution >= 0.6 is 11.5 Å². The Kier molecular flexibility index (Phi) is 3.45. The average Bonchev–Trinajstić information content (AvgIpc) is 2.51. The molecule has 0 aliphatic heterocycles. The van der Waals surface area contributed by atoms with E-state index in [0.717, 1.165) is 0 Å². The zero-order chi connectivity index (χ0) is 11.5. The lowest BCUT2D eigenvalue weighted by molar-refractivity contribution is -0.144. The molecule has 84 valence electrons. The first-order valence-electron chi connectivity index (χ1n) is 3.76. The van der Waals surface area contributed by atoms with Gasteiger partial charge in [-0.3, -0.25) is 4.79 Å². The normalized spacial score (nSPS) is 11.4. The van der Waals surface area contributed by atoms with Gasteiger partial charge in [-0.25, -0.2) is 0 Å². The molecule has 0 aliphatic carbocycles. The Bertz CT molecular complexity index is 352. The van der Waals surface area contributed by atoms with Crippen LogP contribution in [-0.4, -0.2) is 27.0 Å². The summed E-state index contributed by atoms with van der Waals surface area (Å²) in [6.07, 6.45) is -4.76. The number of alkyl halides is 3. The van der Waals surface area contributed by atoms with E-state index >= 15 is 0 Å². The first kappa shape index (κ1) is 11.7. The maximum absolute atomic E-state index is 12.0. The minimum absolute atomic E-state index is 0.0157. The zero-order valence-corrected chi connectivity index (χ0v) is 8.02. The van der Waals surface area contributed by atoms with Crippen LogP contribution in [0.3, 0.4) is 0 Å². The van der Waals surface area contributed by atoms with Crippen molar-refractivity contribution in [2.24, 2.45) is 0 Å². The van der Waals surface area contributed by atoms with Crippen molar-refractivity contribution in [2.75, 3.05) is 11.9 Å². The Hall–Kier alpha value is -1.38. The van der Waals surface area contributed by atoms with Crippen molar-refractivity contribution in [1.82, 2.24) is 9.36 Å². The number of aliphatic carboxylic acids is 1. The van der Waals surface area contributed by atoms with E-state index in [9.17, 15) is 18.0 Å².